The minimum Gasteiger partial charge on any atom is -0.371 e. The van der Waals surface area contributed by atoms with E-state index in [2.05, 4.69) is 35.9 Å². The lowest BCUT2D eigenvalue weighted by molar-refractivity contribution is 0.636. The lowest BCUT2D eigenvalue weighted by Crippen LogP contribution is -2.25. The molecule has 0 unspecified atom stereocenters. The molecule has 1 aromatic heterocycles. The molecule has 0 amide bonds. The Labute approximate surface area is 106 Å². The van der Waals surface area contributed by atoms with Crippen LogP contribution in [0.4, 0.5) is 5.69 Å². The Hall–Kier alpha value is -1.05. The molecule has 0 spiro atoms. The van der Waals surface area contributed by atoms with E-state index in [9.17, 15) is 0 Å². The second-order valence-corrected chi connectivity index (χ2v) is 4.61. The quantitative estimate of drug-likeness (QED) is 0.593. The molecule has 0 bridgehead atoms. The Balaban J connectivity index is 2.46. The molecule has 0 aromatic carbocycles. The first-order chi connectivity index (χ1) is 8.38. The minimum absolute atomic E-state index is 1.18. The summed E-state index contributed by atoms with van der Waals surface area (Å²) in [5, 5.41) is 0. The van der Waals surface area contributed by atoms with Gasteiger partial charge in [-0.15, -0.1) is 0 Å². The highest BCUT2D eigenvalue weighted by Crippen LogP contribution is 2.14. The van der Waals surface area contributed by atoms with E-state index in [1.165, 1.54) is 57.3 Å². The summed E-state index contributed by atoms with van der Waals surface area (Å²) in [6.07, 6.45) is 11.6. The van der Waals surface area contributed by atoms with Crippen LogP contribution in [0.3, 0.4) is 0 Å². The zero-order valence-electron chi connectivity index (χ0n) is 11.4. The SMILES string of the molecule is CCCCCN(CCCCC)c1ccncc1. The molecule has 0 saturated carbocycles. The van der Waals surface area contributed by atoms with E-state index in [1.54, 1.807) is 0 Å². The predicted octanol–water partition coefficient (Wildman–Crippen LogP) is 4.27. The van der Waals surface area contributed by atoms with Crippen LogP contribution in [0.2, 0.25) is 0 Å². The molecule has 0 saturated heterocycles. The Morgan fingerprint density at radius 1 is 0.882 bits per heavy atom. The van der Waals surface area contributed by atoms with Crippen LogP contribution in [-0.2, 0) is 0 Å². The van der Waals surface area contributed by atoms with Crippen molar-refractivity contribution in [2.75, 3.05) is 18.0 Å². The largest absolute Gasteiger partial charge is 0.371 e. The summed E-state index contributed by atoms with van der Waals surface area (Å²) in [5.74, 6) is 0. The van der Waals surface area contributed by atoms with Gasteiger partial charge in [-0.3, -0.25) is 4.98 Å². The van der Waals surface area contributed by atoms with Crippen LogP contribution >= 0.6 is 0 Å². The summed E-state index contributed by atoms with van der Waals surface area (Å²) in [6.45, 7) is 6.88. The molecule has 2 nitrogen and oxygen atoms in total. The molecule has 1 aromatic rings. The smallest absolute Gasteiger partial charge is 0.0397 e. The van der Waals surface area contributed by atoms with Crippen LogP contribution in [0.15, 0.2) is 24.5 Å². The average Bonchev–Trinajstić information content (AvgIpc) is 2.38. The van der Waals surface area contributed by atoms with Crippen molar-refractivity contribution < 1.29 is 0 Å². The van der Waals surface area contributed by atoms with Gasteiger partial charge in [0, 0.05) is 31.2 Å². The molecule has 0 N–H and O–H groups in total. The highest BCUT2D eigenvalue weighted by Gasteiger charge is 2.04. The molecular weight excluding hydrogens is 208 g/mol. The van der Waals surface area contributed by atoms with Crippen molar-refractivity contribution in [3.8, 4) is 0 Å². The maximum Gasteiger partial charge on any atom is 0.0397 e. The number of hydrogen-bond acceptors (Lipinski definition) is 2. The van der Waals surface area contributed by atoms with E-state index in [1.807, 2.05) is 12.4 Å². The molecule has 0 aliphatic rings. The fourth-order valence-corrected chi connectivity index (χ4v) is 2.03. The zero-order chi connectivity index (χ0) is 12.3. The summed E-state index contributed by atoms with van der Waals surface area (Å²) < 4.78 is 0. The molecule has 1 rings (SSSR count). The maximum absolute atomic E-state index is 4.09. The van der Waals surface area contributed by atoms with Gasteiger partial charge < -0.3 is 4.90 Å². The molecule has 17 heavy (non-hydrogen) atoms. The molecule has 1 heterocycles. The molecular formula is C15H26N2. The molecule has 0 aliphatic heterocycles. The van der Waals surface area contributed by atoms with Gasteiger partial charge in [0.2, 0.25) is 0 Å². The van der Waals surface area contributed by atoms with Crippen molar-refractivity contribution in [2.45, 2.75) is 52.4 Å². The molecule has 96 valence electrons. The van der Waals surface area contributed by atoms with Crippen molar-refractivity contribution in [1.29, 1.82) is 0 Å². The first-order valence-electron chi connectivity index (χ1n) is 7.03. The third kappa shape index (κ3) is 5.71. The maximum atomic E-state index is 4.09. The third-order valence-electron chi connectivity index (χ3n) is 3.09. The van der Waals surface area contributed by atoms with Crippen molar-refractivity contribution in [2.24, 2.45) is 0 Å². The second kappa shape index (κ2) is 9.03. The summed E-state index contributed by atoms with van der Waals surface area (Å²) in [4.78, 5) is 6.60. The number of rotatable bonds is 9. The lowest BCUT2D eigenvalue weighted by atomic mass is 10.2. The van der Waals surface area contributed by atoms with Crippen molar-refractivity contribution in [1.82, 2.24) is 4.98 Å². The Morgan fingerprint density at radius 3 is 1.88 bits per heavy atom. The fourth-order valence-electron chi connectivity index (χ4n) is 2.03. The van der Waals surface area contributed by atoms with E-state index >= 15 is 0 Å². The molecule has 0 atom stereocenters. The first-order valence-corrected chi connectivity index (χ1v) is 7.03. The summed E-state index contributed by atoms with van der Waals surface area (Å²) in [6, 6.07) is 4.25. The van der Waals surface area contributed by atoms with Gasteiger partial charge in [-0.25, -0.2) is 0 Å². The standard InChI is InChI=1S/C15H26N2/c1-3-5-7-13-17(14-8-6-4-2)15-9-11-16-12-10-15/h9-12H,3-8,13-14H2,1-2H3. The van der Waals surface area contributed by atoms with Crippen molar-refractivity contribution >= 4 is 5.69 Å². The monoisotopic (exact) mass is 234 g/mol. The second-order valence-electron chi connectivity index (χ2n) is 4.61. The fraction of sp³-hybridized carbons (Fsp3) is 0.667. The normalized spacial score (nSPS) is 10.5. The number of pyridine rings is 1. The molecule has 0 aliphatic carbocycles. The van der Waals surface area contributed by atoms with Gasteiger partial charge in [0.05, 0.1) is 0 Å². The number of anilines is 1. The summed E-state index contributed by atoms with van der Waals surface area (Å²) >= 11 is 0. The van der Waals surface area contributed by atoms with Gasteiger partial charge in [-0.05, 0) is 25.0 Å². The van der Waals surface area contributed by atoms with Crippen LogP contribution in [-0.4, -0.2) is 18.1 Å². The minimum atomic E-state index is 1.18. The average molecular weight is 234 g/mol. The van der Waals surface area contributed by atoms with E-state index in [-0.39, 0.29) is 0 Å². The zero-order valence-corrected chi connectivity index (χ0v) is 11.4. The van der Waals surface area contributed by atoms with Crippen molar-refractivity contribution in [3.05, 3.63) is 24.5 Å². The summed E-state index contributed by atoms with van der Waals surface area (Å²) in [7, 11) is 0. The van der Waals surface area contributed by atoms with Crippen LogP contribution in [0.1, 0.15) is 52.4 Å². The van der Waals surface area contributed by atoms with Crippen LogP contribution < -0.4 is 4.90 Å². The van der Waals surface area contributed by atoms with Gasteiger partial charge in [0.15, 0.2) is 0 Å². The number of hydrogen-bond donors (Lipinski definition) is 0. The van der Waals surface area contributed by atoms with E-state index in [4.69, 9.17) is 0 Å². The Morgan fingerprint density at radius 2 is 1.41 bits per heavy atom. The van der Waals surface area contributed by atoms with E-state index < -0.39 is 0 Å². The van der Waals surface area contributed by atoms with Gasteiger partial charge in [-0.2, -0.15) is 0 Å². The van der Waals surface area contributed by atoms with Crippen molar-refractivity contribution in [3.63, 3.8) is 0 Å². The highest BCUT2D eigenvalue weighted by molar-refractivity contribution is 5.44. The predicted molar refractivity (Wildman–Crippen MR) is 75.5 cm³/mol. The van der Waals surface area contributed by atoms with Crippen LogP contribution in [0.25, 0.3) is 0 Å². The third-order valence-corrected chi connectivity index (χ3v) is 3.09. The Bertz CT molecular complexity index is 262. The van der Waals surface area contributed by atoms with Gasteiger partial charge in [0.25, 0.3) is 0 Å². The molecule has 2 heteroatoms. The van der Waals surface area contributed by atoms with E-state index in [0.717, 1.165) is 0 Å². The topological polar surface area (TPSA) is 16.1 Å². The van der Waals surface area contributed by atoms with Crippen LogP contribution in [0, 0.1) is 0 Å². The molecule has 0 radical (unpaired) electrons. The lowest BCUT2D eigenvalue weighted by Gasteiger charge is -2.24. The van der Waals surface area contributed by atoms with E-state index in [0.29, 0.717) is 0 Å². The first kappa shape index (κ1) is 14.0. The van der Waals surface area contributed by atoms with Gasteiger partial charge in [0.1, 0.15) is 0 Å². The van der Waals surface area contributed by atoms with Crippen LogP contribution in [0.5, 0.6) is 0 Å². The van der Waals surface area contributed by atoms with Gasteiger partial charge in [-0.1, -0.05) is 39.5 Å². The van der Waals surface area contributed by atoms with Gasteiger partial charge >= 0.3 is 0 Å². The summed E-state index contributed by atoms with van der Waals surface area (Å²) in [5.41, 5.74) is 1.33. The highest BCUT2D eigenvalue weighted by atomic mass is 15.1. The Kier molecular flexibility index (Phi) is 7.44. The number of aromatic nitrogens is 1. The number of nitrogens with zero attached hydrogens (tertiary/aromatic N) is 2. The number of unbranched alkanes of at least 4 members (excludes halogenated alkanes) is 4. The molecule has 0 fully saturated rings.